The number of allylic oxidation sites excluding steroid dienone is 11. The number of aliphatic hydroxyl groups is 1. The molecule has 0 heterocycles. The van der Waals surface area contributed by atoms with Crippen molar-refractivity contribution in [2.24, 2.45) is 0 Å². The summed E-state index contributed by atoms with van der Waals surface area (Å²) >= 11 is 0. The number of phosphoric ester groups is 1. The van der Waals surface area contributed by atoms with Gasteiger partial charge in [-0.3, -0.25) is 13.8 Å². The van der Waals surface area contributed by atoms with E-state index in [-0.39, 0.29) is 19.1 Å². The van der Waals surface area contributed by atoms with Gasteiger partial charge in [0.05, 0.1) is 39.9 Å². The maximum Gasteiger partial charge on any atom is 0.472 e. The molecule has 0 aliphatic carbocycles. The molecule has 8 nitrogen and oxygen atoms in total. The van der Waals surface area contributed by atoms with E-state index in [9.17, 15) is 19.4 Å². The van der Waals surface area contributed by atoms with Crippen LogP contribution < -0.4 is 5.32 Å². The molecule has 50 heavy (non-hydrogen) atoms. The van der Waals surface area contributed by atoms with Gasteiger partial charge in [0.2, 0.25) is 5.91 Å². The highest BCUT2D eigenvalue weighted by Crippen LogP contribution is 2.43. The minimum Gasteiger partial charge on any atom is -0.387 e. The number of carbonyl (C=O) groups is 1. The molecule has 0 radical (unpaired) electrons. The van der Waals surface area contributed by atoms with Crippen LogP contribution in [0.5, 0.6) is 0 Å². The first-order valence-electron chi connectivity index (χ1n) is 19.3. The standard InChI is InChI=1S/C41H73N2O6P/c1-6-8-10-12-14-16-18-19-20-21-22-23-25-27-29-31-33-35-41(45)42-39(38-49-50(46,47)48-37-36-43(3,4)5)40(44)34-32-30-28-26-24-17-15-13-11-9-7-2/h8,10-11,13-14,16,19-20,24,26,32,34,39-40,44H,6-7,9,12,15,17-18,21-23,25,27-31,33,35-38H2,1-5H3,(H-,42,45,46,47)/p+1/b10-8-,13-11+,16-14-,20-19-,26-24+,34-32+. The topological polar surface area (TPSA) is 105 Å². The molecule has 0 saturated carbocycles. The fraction of sp³-hybridized carbons (Fsp3) is 0.683. The van der Waals surface area contributed by atoms with Crippen molar-refractivity contribution in [1.29, 1.82) is 0 Å². The number of quaternary nitrogens is 1. The van der Waals surface area contributed by atoms with Gasteiger partial charge in [0.25, 0.3) is 0 Å². The summed E-state index contributed by atoms with van der Waals surface area (Å²) in [4.78, 5) is 23.0. The minimum atomic E-state index is -4.35. The number of hydrogen-bond acceptors (Lipinski definition) is 5. The van der Waals surface area contributed by atoms with Crippen LogP contribution >= 0.6 is 7.82 Å². The molecule has 0 rings (SSSR count). The Hall–Kier alpha value is -2.06. The Morgan fingerprint density at radius 3 is 1.82 bits per heavy atom. The Balaban J connectivity index is 4.56. The van der Waals surface area contributed by atoms with E-state index in [0.29, 0.717) is 17.4 Å². The molecule has 0 spiro atoms. The van der Waals surface area contributed by atoms with E-state index in [2.05, 4.69) is 79.9 Å². The number of nitrogens with one attached hydrogen (secondary N) is 1. The predicted molar refractivity (Wildman–Crippen MR) is 212 cm³/mol. The SMILES string of the molecule is CC/C=C\C/C=C\C/C=C\CCCCCCCCCC(=O)NC(COP(=O)(O)OCC[N+](C)(C)C)C(O)/C=C/CC/C=C/CC/C=C/CCC. The quantitative estimate of drug-likeness (QED) is 0.0270. The molecule has 0 bridgehead atoms. The van der Waals surface area contributed by atoms with E-state index in [0.717, 1.165) is 83.5 Å². The second-order valence-electron chi connectivity index (χ2n) is 13.9. The summed E-state index contributed by atoms with van der Waals surface area (Å²) in [6.07, 6.45) is 42.6. The van der Waals surface area contributed by atoms with Crippen LogP contribution in [-0.2, 0) is 18.4 Å². The fourth-order valence-electron chi connectivity index (χ4n) is 4.80. The van der Waals surface area contributed by atoms with Gasteiger partial charge in [-0.25, -0.2) is 4.57 Å². The molecule has 0 aliphatic rings. The Morgan fingerprint density at radius 1 is 0.700 bits per heavy atom. The average molecular weight is 722 g/mol. The van der Waals surface area contributed by atoms with Gasteiger partial charge in [-0.1, -0.05) is 125 Å². The molecular weight excluding hydrogens is 647 g/mol. The maximum absolute atomic E-state index is 12.8. The van der Waals surface area contributed by atoms with Crippen LogP contribution in [0.2, 0.25) is 0 Å². The molecule has 3 unspecified atom stereocenters. The van der Waals surface area contributed by atoms with Crippen molar-refractivity contribution in [1.82, 2.24) is 5.32 Å². The molecule has 0 fully saturated rings. The van der Waals surface area contributed by atoms with Crippen molar-refractivity contribution in [3.05, 3.63) is 72.9 Å². The van der Waals surface area contributed by atoms with Crippen LogP contribution in [0.3, 0.4) is 0 Å². The molecule has 0 aromatic rings. The van der Waals surface area contributed by atoms with Gasteiger partial charge in [0.1, 0.15) is 13.2 Å². The number of amides is 1. The number of phosphoric acid groups is 1. The van der Waals surface area contributed by atoms with Gasteiger partial charge in [0, 0.05) is 6.42 Å². The van der Waals surface area contributed by atoms with Crippen molar-refractivity contribution in [2.45, 2.75) is 142 Å². The lowest BCUT2D eigenvalue weighted by atomic mass is 10.1. The zero-order valence-electron chi connectivity index (χ0n) is 32.4. The molecule has 0 aliphatic heterocycles. The zero-order valence-corrected chi connectivity index (χ0v) is 33.2. The van der Waals surface area contributed by atoms with Gasteiger partial charge in [-0.05, 0) is 70.6 Å². The molecule has 3 N–H and O–H groups in total. The smallest absolute Gasteiger partial charge is 0.387 e. The summed E-state index contributed by atoms with van der Waals surface area (Å²) in [7, 11) is 1.52. The first kappa shape index (κ1) is 47.9. The molecule has 288 valence electrons. The predicted octanol–water partition coefficient (Wildman–Crippen LogP) is 10.1. The Bertz CT molecular complexity index is 1040. The first-order valence-corrected chi connectivity index (χ1v) is 20.8. The third kappa shape index (κ3) is 34.4. The monoisotopic (exact) mass is 722 g/mol. The molecule has 1 amide bonds. The van der Waals surface area contributed by atoms with Crippen molar-refractivity contribution in [3.8, 4) is 0 Å². The lowest BCUT2D eigenvalue weighted by Gasteiger charge is -2.25. The third-order valence-electron chi connectivity index (χ3n) is 7.87. The van der Waals surface area contributed by atoms with Gasteiger partial charge in [-0.15, -0.1) is 0 Å². The van der Waals surface area contributed by atoms with Gasteiger partial charge >= 0.3 is 7.82 Å². The first-order chi connectivity index (χ1) is 24.0. The van der Waals surface area contributed by atoms with E-state index >= 15 is 0 Å². The van der Waals surface area contributed by atoms with E-state index in [4.69, 9.17) is 9.05 Å². The van der Waals surface area contributed by atoms with Crippen molar-refractivity contribution < 1.29 is 32.9 Å². The lowest BCUT2D eigenvalue weighted by molar-refractivity contribution is -0.870. The fourth-order valence-corrected chi connectivity index (χ4v) is 5.53. The van der Waals surface area contributed by atoms with E-state index in [1.165, 1.54) is 25.7 Å². The number of hydrogen-bond donors (Lipinski definition) is 3. The second kappa shape index (κ2) is 32.8. The normalized spacial score (nSPS) is 15.4. The van der Waals surface area contributed by atoms with Crippen LogP contribution in [0, 0.1) is 0 Å². The largest absolute Gasteiger partial charge is 0.472 e. The van der Waals surface area contributed by atoms with E-state index < -0.39 is 20.0 Å². The average Bonchev–Trinajstić information content (AvgIpc) is 3.06. The third-order valence-corrected chi connectivity index (χ3v) is 8.85. The van der Waals surface area contributed by atoms with Crippen LogP contribution in [0.4, 0.5) is 0 Å². The Morgan fingerprint density at radius 2 is 1.22 bits per heavy atom. The van der Waals surface area contributed by atoms with Crippen LogP contribution in [0.1, 0.15) is 129 Å². The van der Waals surface area contributed by atoms with Crippen molar-refractivity contribution in [2.75, 3.05) is 40.9 Å². The van der Waals surface area contributed by atoms with E-state index in [1.807, 2.05) is 27.2 Å². The van der Waals surface area contributed by atoms with Crippen LogP contribution in [-0.4, -0.2) is 73.4 Å². The highest BCUT2D eigenvalue weighted by Gasteiger charge is 2.27. The second-order valence-corrected chi connectivity index (χ2v) is 15.4. The van der Waals surface area contributed by atoms with E-state index in [1.54, 1.807) is 6.08 Å². The summed E-state index contributed by atoms with van der Waals surface area (Å²) in [5.74, 6) is -0.209. The number of nitrogens with zero attached hydrogens (tertiary/aromatic N) is 1. The number of unbranched alkanes of at least 4 members (excludes halogenated alkanes) is 10. The van der Waals surface area contributed by atoms with Crippen molar-refractivity contribution >= 4 is 13.7 Å². The van der Waals surface area contributed by atoms with Gasteiger partial charge in [-0.2, -0.15) is 0 Å². The summed E-state index contributed by atoms with van der Waals surface area (Å²) in [5.41, 5.74) is 0. The minimum absolute atomic E-state index is 0.0474. The molecule has 0 aromatic carbocycles. The van der Waals surface area contributed by atoms with Crippen LogP contribution in [0.25, 0.3) is 0 Å². The highest BCUT2D eigenvalue weighted by molar-refractivity contribution is 7.47. The molecule has 0 saturated heterocycles. The number of aliphatic hydroxyl groups excluding tert-OH is 1. The Labute approximate surface area is 306 Å². The summed E-state index contributed by atoms with van der Waals surface area (Å²) < 4.78 is 23.4. The Kier molecular flexibility index (Phi) is 31.5. The molecular formula is C41H74N2O6P+. The maximum atomic E-state index is 12.8. The van der Waals surface area contributed by atoms with Crippen molar-refractivity contribution in [3.63, 3.8) is 0 Å². The van der Waals surface area contributed by atoms with Gasteiger partial charge in [0.15, 0.2) is 0 Å². The lowest BCUT2D eigenvalue weighted by Crippen LogP contribution is -2.45. The zero-order chi connectivity index (χ0) is 37.2. The summed E-state index contributed by atoms with van der Waals surface area (Å²) in [6.45, 7) is 4.55. The number of carbonyl (C=O) groups excluding carboxylic acids is 1. The summed E-state index contributed by atoms with van der Waals surface area (Å²) in [5, 5.41) is 13.7. The molecule has 0 aromatic heterocycles. The number of rotatable bonds is 33. The van der Waals surface area contributed by atoms with Gasteiger partial charge < -0.3 is 19.8 Å². The molecule has 3 atom stereocenters. The molecule has 9 heteroatoms. The highest BCUT2D eigenvalue weighted by atomic mass is 31.2. The van der Waals surface area contributed by atoms with Crippen LogP contribution in [0.15, 0.2) is 72.9 Å². The summed E-state index contributed by atoms with van der Waals surface area (Å²) in [6, 6.07) is -0.875. The number of likely N-dealkylation sites (N-methyl/N-ethyl adjacent to an activating group) is 1.